The molecule has 0 atom stereocenters. The fourth-order valence-corrected chi connectivity index (χ4v) is 1.87. The quantitative estimate of drug-likeness (QED) is 0.858. The molecule has 18 heavy (non-hydrogen) atoms. The summed E-state index contributed by atoms with van der Waals surface area (Å²) in [4.78, 5) is 0. The molecule has 6 heteroatoms. The smallest absolute Gasteiger partial charge is 0.249 e. The van der Waals surface area contributed by atoms with Crippen LogP contribution in [0.5, 0.6) is 0 Å². The van der Waals surface area contributed by atoms with E-state index in [4.69, 9.17) is 27.6 Å². The van der Waals surface area contributed by atoms with Gasteiger partial charge in [-0.15, -0.1) is 10.2 Å². The third-order valence-electron chi connectivity index (χ3n) is 2.39. The van der Waals surface area contributed by atoms with E-state index in [1.807, 2.05) is 6.92 Å². The Balaban J connectivity index is 2.16. The number of halogens is 2. The van der Waals surface area contributed by atoms with Crippen LogP contribution in [0.1, 0.15) is 12.8 Å². The van der Waals surface area contributed by atoms with Crippen molar-refractivity contribution < 1.29 is 4.42 Å². The van der Waals surface area contributed by atoms with E-state index in [0.29, 0.717) is 33.8 Å². The predicted molar refractivity (Wildman–Crippen MR) is 72.0 cm³/mol. The van der Waals surface area contributed by atoms with Gasteiger partial charge in [-0.2, -0.15) is 0 Å². The fraction of sp³-hybridized carbons (Fsp3) is 0.333. The molecule has 2 rings (SSSR count). The van der Waals surface area contributed by atoms with E-state index in [2.05, 4.69) is 15.5 Å². The van der Waals surface area contributed by atoms with Gasteiger partial charge >= 0.3 is 0 Å². The van der Waals surface area contributed by atoms with Crippen molar-refractivity contribution in [2.24, 2.45) is 0 Å². The zero-order chi connectivity index (χ0) is 13.0. The lowest BCUT2D eigenvalue weighted by molar-refractivity contribution is 0.496. The van der Waals surface area contributed by atoms with Crippen molar-refractivity contribution in [2.75, 3.05) is 13.1 Å². The van der Waals surface area contributed by atoms with E-state index in [9.17, 15) is 0 Å². The summed E-state index contributed by atoms with van der Waals surface area (Å²) in [6, 6.07) is 5.14. The van der Waals surface area contributed by atoms with Crippen LogP contribution in [-0.2, 0) is 6.42 Å². The minimum absolute atomic E-state index is 0.397. The molecule has 96 valence electrons. The molecule has 4 nitrogen and oxygen atoms in total. The molecule has 1 N–H and O–H groups in total. The van der Waals surface area contributed by atoms with Crippen LogP contribution in [0.3, 0.4) is 0 Å². The summed E-state index contributed by atoms with van der Waals surface area (Å²) >= 11 is 12.0. The first-order valence-corrected chi connectivity index (χ1v) is 6.45. The number of benzene rings is 1. The first kappa shape index (κ1) is 13.3. The van der Waals surface area contributed by atoms with E-state index in [0.717, 1.165) is 13.1 Å². The number of hydrogen-bond acceptors (Lipinski definition) is 4. The van der Waals surface area contributed by atoms with Crippen LogP contribution >= 0.6 is 23.2 Å². The second-order valence-corrected chi connectivity index (χ2v) is 4.57. The summed E-state index contributed by atoms with van der Waals surface area (Å²) < 4.78 is 5.55. The normalized spacial score (nSPS) is 10.8. The average molecular weight is 286 g/mol. The predicted octanol–water partition coefficient (Wildman–Crippen LogP) is 3.20. The maximum absolute atomic E-state index is 6.07. The highest BCUT2D eigenvalue weighted by molar-refractivity contribution is 6.35. The van der Waals surface area contributed by atoms with Gasteiger partial charge in [0, 0.05) is 18.0 Å². The highest BCUT2D eigenvalue weighted by Crippen LogP contribution is 2.29. The highest BCUT2D eigenvalue weighted by Gasteiger charge is 2.12. The molecular weight excluding hydrogens is 273 g/mol. The highest BCUT2D eigenvalue weighted by atomic mass is 35.5. The number of hydrogen-bond donors (Lipinski definition) is 1. The first-order chi connectivity index (χ1) is 8.70. The molecule has 0 bridgehead atoms. The van der Waals surface area contributed by atoms with E-state index in [1.165, 1.54) is 0 Å². The first-order valence-electron chi connectivity index (χ1n) is 5.69. The van der Waals surface area contributed by atoms with Crippen LogP contribution < -0.4 is 5.32 Å². The lowest BCUT2D eigenvalue weighted by atomic mass is 10.2. The third kappa shape index (κ3) is 3.22. The standard InChI is InChI=1S/C12H13Cl2N3O/c1-2-15-6-5-11-16-17-12(18-11)9-7-8(13)3-4-10(9)14/h3-4,7,15H,2,5-6H2,1H3. The molecule has 0 aliphatic carbocycles. The number of rotatable bonds is 5. The van der Waals surface area contributed by atoms with Gasteiger partial charge in [-0.25, -0.2) is 0 Å². The Labute approximate surface area is 115 Å². The summed E-state index contributed by atoms with van der Waals surface area (Å²) in [5.41, 5.74) is 0.659. The Morgan fingerprint density at radius 3 is 2.89 bits per heavy atom. The molecule has 2 aromatic rings. The molecular formula is C12H13Cl2N3O. The third-order valence-corrected chi connectivity index (χ3v) is 2.96. The SMILES string of the molecule is CCNCCc1nnc(-c2cc(Cl)ccc2Cl)o1. The average Bonchev–Trinajstić information content (AvgIpc) is 2.81. The van der Waals surface area contributed by atoms with Gasteiger partial charge in [0.05, 0.1) is 10.6 Å². The molecule has 0 saturated carbocycles. The molecule has 0 unspecified atom stereocenters. The van der Waals surface area contributed by atoms with Crippen molar-refractivity contribution in [1.29, 1.82) is 0 Å². The van der Waals surface area contributed by atoms with Crippen LogP contribution in [0, 0.1) is 0 Å². The fourth-order valence-electron chi connectivity index (χ4n) is 1.50. The molecule has 1 aromatic carbocycles. The zero-order valence-electron chi connectivity index (χ0n) is 9.91. The van der Waals surface area contributed by atoms with Crippen molar-refractivity contribution in [3.63, 3.8) is 0 Å². The molecule has 0 fully saturated rings. The van der Waals surface area contributed by atoms with Gasteiger partial charge in [0.2, 0.25) is 11.8 Å². The van der Waals surface area contributed by atoms with Gasteiger partial charge in [0.1, 0.15) is 0 Å². The van der Waals surface area contributed by atoms with Crippen molar-refractivity contribution >= 4 is 23.2 Å². The van der Waals surface area contributed by atoms with Crippen LogP contribution in [0.25, 0.3) is 11.5 Å². The van der Waals surface area contributed by atoms with Crippen molar-refractivity contribution in [3.05, 3.63) is 34.1 Å². The topological polar surface area (TPSA) is 51.0 Å². The number of nitrogens with one attached hydrogen (secondary N) is 1. The van der Waals surface area contributed by atoms with Gasteiger partial charge in [-0.1, -0.05) is 30.1 Å². The van der Waals surface area contributed by atoms with Gasteiger partial charge in [0.15, 0.2) is 0 Å². The molecule has 0 amide bonds. The Morgan fingerprint density at radius 2 is 2.11 bits per heavy atom. The Kier molecular flexibility index (Phi) is 4.58. The maximum Gasteiger partial charge on any atom is 0.249 e. The second kappa shape index (κ2) is 6.18. The molecule has 0 saturated heterocycles. The lowest BCUT2D eigenvalue weighted by Gasteiger charge is -1.99. The molecule has 1 heterocycles. The van der Waals surface area contributed by atoms with E-state index < -0.39 is 0 Å². The van der Waals surface area contributed by atoms with Gasteiger partial charge in [-0.3, -0.25) is 0 Å². The van der Waals surface area contributed by atoms with Crippen molar-refractivity contribution in [3.8, 4) is 11.5 Å². The van der Waals surface area contributed by atoms with Crippen molar-refractivity contribution in [2.45, 2.75) is 13.3 Å². The minimum Gasteiger partial charge on any atom is -0.421 e. The molecule has 0 radical (unpaired) electrons. The number of aromatic nitrogens is 2. The zero-order valence-corrected chi connectivity index (χ0v) is 11.4. The summed E-state index contributed by atoms with van der Waals surface area (Å²) in [6.45, 7) is 3.77. The van der Waals surface area contributed by atoms with Crippen LogP contribution in [-0.4, -0.2) is 23.3 Å². The van der Waals surface area contributed by atoms with Gasteiger partial charge in [-0.05, 0) is 24.7 Å². The van der Waals surface area contributed by atoms with E-state index >= 15 is 0 Å². The summed E-state index contributed by atoms with van der Waals surface area (Å²) in [5, 5.41) is 12.3. The molecule has 0 aliphatic rings. The largest absolute Gasteiger partial charge is 0.421 e. The summed E-state index contributed by atoms with van der Waals surface area (Å²) in [5.74, 6) is 0.982. The van der Waals surface area contributed by atoms with Gasteiger partial charge < -0.3 is 9.73 Å². The summed E-state index contributed by atoms with van der Waals surface area (Å²) in [7, 11) is 0. The van der Waals surface area contributed by atoms with Crippen LogP contribution in [0.2, 0.25) is 10.0 Å². The number of nitrogens with zero attached hydrogens (tertiary/aromatic N) is 2. The molecule has 0 aliphatic heterocycles. The monoisotopic (exact) mass is 285 g/mol. The second-order valence-electron chi connectivity index (χ2n) is 3.73. The Bertz CT molecular complexity index is 528. The summed E-state index contributed by atoms with van der Waals surface area (Å²) in [6.07, 6.45) is 0.693. The van der Waals surface area contributed by atoms with Crippen LogP contribution in [0.15, 0.2) is 22.6 Å². The molecule has 0 spiro atoms. The Morgan fingerprint density at radius 1 is 1.28 bits per heavy atom. The minimum atomic E-state index is 0.397. The van der Waals surface area contributed by atoms with E-state index in [-0.39, 0.29) is 0 Å². The Hall–Kier alpha value is -1.10. The van der Waals surface area contributed by atoms with Crippen LogP contribution in [0.4, 0.5) is 0 Å². The lowest BCUT2D eigenvalue weighted by Crippen LogP contribution is -2.16. The van der Waals surface area contributed by atoms with Gasteiger partial charge in [0.25, 0.3) is 0 Å². The van der Waals surface area contributed by atoms with Crippen molar-refractivity contribution in [1.82, 2.24) is 15.5 Å². The van der Waals surface area contributed by atoms with E-state index in [1.54, 1.807) is 18.2 Å². The maximum atomic E-state index is 6.07. The molecule has 1 aromatic heterocycles. The number of likely N-dealkylation sites (N-methyl/N-ethyl adjacent to an activating group) is 1.